The molecule has 0 amide bonds. The van der Waals surface area contributed by atoms with Gasteiger partial charge >= 0.3 is 33.3 Å². The molecule has 0 fully saturated rings. The molecule has 3 nitrogen and oxygen atoms in total. The van der Waals surface area contributed by atoms with Crippen LogP contribution >= 0.6 is 89.8 Å². The van der Waals surface area contributed by atoms with Gasteiger partial charge in [-0.2, -0.15) is 0 Å². The van der Waals surface area contributed by atoms with E-state index in [1.807, 2.05) is 26.0 Å². The van der Waals surface area contributed by atoms with E-state index in [0.717, 1.165) is 0 Å². The van der Waals surface area contributed by atoms with Gasteiger partial charge in [0.25, 0.3) is 0 Å². The van der Waals surface area contributed by atoms with Crippen LogP contribution in [0.15, 0.2) is 46.4 Å². The van der Waals surface area contributed by atoms with E-state index in [-0.39, 0.29) is 13.1 Å². The SMILES string of the molecule is CC(=Nc1c(Cl)cc(Cl)cc1Cl)c1ccc(C(C)=Nc2c(Cl)cc(Cl)cc2Cl)[n-]1.[Cl][Fe+][Cl]. The first-order valence-electron chi connectivity index (χ1n) is 8.46. The summed E-state index contributed by atoms with van der Waals surface area (Å²) in [5.41, 5.74) is 3.46. The number of nitrogens with zero attached hydrogens (tertiary/aromatic N) is 3. The molecule has 0 radical (unpaired) electrons. The molecule has 0 aliphatic carbocycles. The summed E-state index contributed by atoms with van der Waals surface area (Å²) in [4.78, 5) is 13.6. The van der Waals surface area contributed by atoms with Crippen LogP contribution in [0.5, 0.6) is 0 Å². The fourth-order valence-electron chi connectivity index (χ4n) is 2.50. The van der Waals surface area contributed by atoms with Gasteiger partial charge in [-0.1, -0.05) is 81.7 Å². The Labute approximate surface area is 230 Å². The summed E-state index contributed by atoms with van der Waals surface area (Å²) in [6.45, 7) is 3.62. The number of benzene rings is 2. The van der Waals surface area contributed by atoms with Crippen LogP contribution in [0.25, 0.3) is 0 Å². The maximum atomic E-state index is 6.20. The molecule has 171 valence electrons. The van der Waals surface area contributed by atoms with E-state index in [2.05, 4.69) is 15.0 Å². The summed E-state index contributed by atoms with van der Waals surface area (Å²) in [6.07, 6.45) is 0. The number of hydrogen-bond acceptors (Lipinski definition) is 2. The normalized spacial score (nSPS) is 11.9. The van der Waals surface area contributed by atoms with Gasteiger partial charge in [-0.25, -0.2) is 0 Å². The third-order valence-corrected chi connectivity index (χ3v) is 5.49. The second-order valence-corrected chi connectivity index (χ2v) is 10.4. The van der Waals surface area contributed by atoms with Crippen molar-refractivity contribution >= 4 is 113 Å². The van der Waals surface area contributed by atoms with Gasteiger partial charge < -0.3 is 4.98 Å². The number of hydrogen-bond donors (Lipinski definition) is 0. The fraction of sp³-hybridized carbons (Fsp3) is 0.100. The van der Waals surface area contributed by atoms with Crippen molar-refractivity contribution in [1.82, 2.24) is 4.98 Å². The molecule has 3 rings (SSSR count). The molecular formula is C20H12Cl8FeN3. The van der Waals surface area contributed by atoms with E-state index in [1.54, 1.807) is 24.3 Å². The van der Waals surface area contributed by atoms with E-state index in [1.165, 1.54) is 0 Å². The molecule has 3 aromatic rings. The van der Waals surface area contributed by atoms with Crippen LogP contribution < -0.4 is 4.98 Å². The molecule has 0 aliphatic rings. The molecule has 0 spiro atoms. The van der Waals surface area contributed by atoms with Gasteiger partial charge in [-0.05, 0) is 38.1 Å². The molecule has 0 bridgehead atoms. The summed E-state index contributed by atoms with van der Waals surface area (Å²) >= 11 is 36.9. The second-order valence-electron chi connectivity index (χ2n) is 6.10. The van der Waals surface area contributed by atoms with Crippen molar-refractivity contribution in [3.8, 4) is 0 Å². The standard InChI is InChI=1S/C20H12Cl6N3.2ClH.Fe/c1-9(27-19-13(23)5-11(21)6-14(19)24)17-3-4-18(29-17)10(2)28-20-15(25)7-12(22)8-16(20)26;;;/h3-8H,1-2H3;2*1H;/q-1;;;+3/p-2. The Kier molecular flexibility index (Phi) is 11.5. The zero-order valence-electron chi connectivity index (χ0n) is 16.2. The zero-order chi connectivity index (χ0) is 24.0. The van der Waals surface area contributed by atoms with Crippen molar-refractivity contribution in [2.24, 2.45) is 9.98 Å². The molecule has 1 heterocycles. The van der Waals surface area contributed by atoms with Crippen molar-refractivity contribution < 1.29 is 13.1 Å². The van der Waals surface area contributed by atoms with Crippen LogP contribution in [-0.4, -0.2) is 11.4 Å². The van der Waals surface area contributed by atoms with Crippen molar-refractivity contribution in [1.29, 1.82) is 0 Å². The van der Waals surface area contributed by atoms with Crippen LogP contribution in [0.4, 0.5) is 11.4 Å². The number of aliphatic imine (C=N–C) groups is 2. The molecule has 0 N–H and O–H groups in total. The summed E-state index contributed by atoms with van der Waals surface area (Å²) in [5.74, 6) is 0. The van der Waals surface area contributed by atoms with Crippen LogP contribution in [0.1, 0.15) is 25.2 Å². The Balaban J connectivity index is 0.00000114. The van der Waals surface area contributed by atoms with Crippen molar-refractivity contribution in [3.05, 3.63) is 77.9 Å². The average Bonchev–Trinajstić information content (AvgIpc) is 3.18. The van der Waals surface area contributed by atoms with Gasteiger partial charge in [-0.3, -0.25) is 9.98 Å². The summed E-state index contributed by atoms with van der Waals surface area (Å²) in [7, 11) is 9.53. The van der Waals surface area contributed by atoms with Gasteiger partial charge in [0.05, 0.1) is 20.1 Å². The van der Waals surface area contributed by atoms with Gasteiger partial charge in [0.15, 0.2) is 0 Å². The van der Waals surface area contributed by atoms with Crippen molar-refractivity contribution in [2.75, 3.05) is 0 Å². The molecule has 0 unspecified atom stereocenters. The summed E-state index contributed by atoms with van der Waals surface area (Å²) in [6, 6.07) is 10.00. The van der Waals surface area contributed by atoms with Gasteiger partial charge in [-0.15, -0.1) is 11.4 Å². The third-order valence-electron chi connectivity index (χ3n) is 3.90. The van der Waals surface area contributed by atoms with Crippen molar-refractivity contribution in [3.63, 3.8) is 0 Å². The van der Waals surface area contributed by atoms with E-state index in [0.29, 0.717) is 64.3 Å². The average molecular weight is 634 g/mol. The Bertz CT molecular complexity index is 1040. The van der Waals surface area contributed by atoms with E-state index in [9.17, 15) is 0 Å². The first-order valence-corrected chi connectivity index (χ1v) is 13.8. The van der Waals surface area contributed by atoms with Crippen molar-refractivity contribution in [2.45, 2.75) is 13.8 Å². The monoisotopic (exact) mass is 630 g/mol. The Morgan fingerprint density at radius 3 is 1.22 bits per heavy atom. The summed E-state index contributed by atoms with van der Waals surface area (Å²) in [5, 5.41) is 2.32. The maximum absolute atomic E-state index is 6.20. The van der Waals surface area contributed by atoms with Crippen LogP contribution in [-0.2, 0) is 13.1 Å². The molecule has 12 heteroatoms. The minimum atomic E-state index is 0.194. The van der Waals surface area contributed by atoms with Gasteiger partial charge in [0, 0.05) is 21.5 Å². The first-order chi connectivity index (χ1) is 15.1. The quantitative estimate of drug-likeness (QED) is 0.208. The molecule has 0 saturated heterocycles. The molecule has 0 atom stereocenters. The van der Waals surface area contributed by atoms with Gasteiger partial charge in [0.1, 0.15) is 11.4 Å². The first kappa shape index (κ1) is 28.1. The summed E-state index contributed by atoms with van der Waals surface area (Å²) < 4.78 is 0. The van der Waals surface area contributed by atoms with E-state index >= 15 is 0 Å². The molecule has 0 aliphatic heterocycles. The number of halogens is 8. The predicted octanol–water partition coefficient (Wildman–Crippen LogP) is 10.2. The number of rotatable bonds is 4. The van der Waals surface area contributed by atoms with Crippen LogP contribution in [0.3, 0.4) is 0 Å². The molecule has 1 aromatic heterocycles. The van der Waals surface area contributed by atoms with Crippen LogP contribution in [0, 0.1) is 0 Å². The Hall–Kier alpha value is -0.101. The van der Waals surface area contributed by atoms with Gasteiger partial charge in [0.2, 0.25) is 0 Å². The van der Waals surface area contributed by atoms with E-state index < -0.39 is 0 Å². The van der Waals surface area contributed by atoms with Crippen LogP contribution in [0.2, 0.25) is 30.1 Å². The minimum absolute atomic E-state index is 0.194. The third kappa shape index (κ3) is 7.71. The Morgan fingerprint density at radius 2 is 0.938 bits per heavy atom. The Morgan fingerprint density at radius 1 is 0.656 bits per heavy atom. The fourth-order valence-corrected chi connectivity index (χ4v) is 4.30. The molecular weight excluding hydrogens is 622 g/mol. The second kappa shape index (κ2) is 13.1. The number of aromatic nitrogens is 1. The molecule has 0 saturated carbocycles. The van der Waals surface area contributed by atoms with E-state index in [4.69, 9.17) is 89.8 Å². The predicted molar refractivity (Wildman–Crippen MR) is 138 cm³/mol. The molecule has 2 aromatic carbocycles. The molecule has 32 heavy (non-hydrogen) atoms. The zero-order valence-corrected chi connectivity index (χ0v) is 23.3. The topological polar surface area (TPSA) is 38.8 Å².